The van der Waals surface area contributed by atoms with Crippen molar-refractivity contribution in [2.24, 2.45) is 5.92 Å². The lowest BCUT2D eigenvalue weighted by atomic mass is 10.1. The first-order valence-corrected chi connectivity index (χ1v) is 5.17. The Hall–Kier alpha value is -1.14. The van der Waals surface area contributed by atoms with Crippen molar-refractivity contribution in [1.29, 1.82) is 5.26 Å². The van der Waals surface area contributed by atoms with Gasteiger partial charge >= 0.3 is 0 Å². The molecule has 1 aromatic rings. The van der Waals surface area contributed by atoms with Gasteiger partial charge in [0.15, 0.2) is 0 Å². The third kappa shape index (κ3) is 2.67. The van der Waals surface area contributed by atoms with Crippen molar-refractivity contribution < 1.29 is 0 Å². The van der Waals surface area contributed by atoms with Crippen LogP contribution in [0, 0.1) is 17.2 Å². The molecule has 1 heterocycles. The highest BCUT2D eigenvalue weighted by atomic mass is 32.1. The highest BCUT2D eigenvalue weighted by Gasteiger charge is 2.04. The van der Waals surface area contributed by atoms with Gasteiger partial charge in [0.2, 0.25) is 0 Å². The lowest BCUT2D eigenvalue weighted by Crippen LogP contribution is -1.88. The van der Waals surface area contributed by atoms with Crippen LogP contribution in [0.25, 0.3) is 5.57 Å². The van der Waals surface area contributed by atoms with Crippen LogP contribution in [0.2, 0.25) is 0 Å². The summed E-state index contributed by atoms with van der Waals surface area (Å²) < 4.78 is 0. The Morgan fingerprint density at radius 2 is 2.62 bits per heavy atom. The maximum absolute atomic E-state index is 8.89. The molecule has 0 radical (unpaired) electrons. The second-order valence-electron chi connectivity index (χ2n) is 2.91. The zero-order valence-electron chi connectivity index (χ0n) is 7.82. The Morgan fingerprint density at radius 1 is 1.85 bits per heavy atom. The Kier molecular flexibility index (Phi) is 3.66. The standard InChI is InChI=1S/C10H12N2S/c1-3-8(2)6-9(7-11)10-12-4-5-13-10/h4-6,8H,3H2,1-2H3/b9-6+. The minimum absolute atomic E-state index is 0.443. The van der Waals surface area contributed by atoms with Crippen molar-refractivity contribution in [2.75, 3.05) is 0 Å². The van der Waals surface area contributed by atoms with Crippen molar-refractivity contribution in [1.82, 2.24) is 4.98 Å². The van der Waals surface area contributed by atoms with Crippen LogP contribution in [0.1, 0.15) is 25.3 Å². The molecule has 3 heteroatoms. The number of rotatable bonds is 3. The van der Waals surface area contributed by atoms with Crippen LogP contribution < -0.4 is 0 Å². The molecule has 13 heavy (non-hydrogen) atoms. The molecule has 0 spiro atoms. The van der Waals surface area contributed by atoms with Crippen LogP contribution in [0.5, 0.6) is 0 Å². The molecule has 2 nitrogen and oxygen atoms in total. The monoisotopic (exact) mass is 192 g/mol. The highest BCUT2D eigenvalue weighted by Crippen LogP contribution is 2.19. The summed E-state index contributed by atoms with van der Waals surface area (Å²) in [4.78, 5) is 4.10. The van der Waals surface area contributed by atoms with Crippen molar-refractivity contribution in [3.8, 4) is 6.07 Å². The molecule has 1 unspecified atom stereocenters. The molecular weight excluding hydrogens is 180 g/mol. The van der Waals surface area contributed by atoms with E-state index < -0.39 is 0 Å². The van der Waals surface area contributed by atoms with Gasteiger partial charge in [-0.15, -0.1) is 11.3 Å². The summed E-state index contributed by atoms with van der Waals surface area (Å²) in [6, 6.07) is 2.18. The van der Waals surface area contributed by atoms with Crippen molar-refractivity contribution in [3.63, 3.8) is 0 Å². The van der Waals surface area contributed by atoms with E-state index in [-0.39, 0.29) is 0 Å². The molecular formula is C10H12N2S. The average Bonchev–Trinajstić information content (AvgIpc) is 2.66. The van der Waals surface area contributed by atoms with E-state index in [4.69, 9.17) is 5.26 Å². The molecule has 0 aliphatic rings. The van der Waals surface area contributed by atoms with E-state index in [1.165, 1.54) is 11.3 Å². The van der Waals surface area contributed by atoms with Gasteiger partial charge in [-0.2, -0.15) is 5.26 Å². The first-order valence-electron chi connectivity index (χ1n) is 4.29. The third-order valence-electron chi connectivity index (χ3n) is 1.88. The summed E-state index contributed by atoms with van der Waals surface area (Å²) in [5.41, 5.74) is 0.698. The molecule has 0 aliphatic carbocycles. The summed E-state index contributed by atoms with van der Waals surface area (Å²) in [5.74, 6) is 0.443. The van der Waals surface area contributed by atoms with Gasteiger partial charge in [0.05, 0.1) is 5.57 Å². The molecule has 0 aromatic carbocycles. The van der Waals surface area contributed by atoms with Crippen molar-refractivity contribution >= 4 is 16.9 Å². The molecule has 1 atom stereocenters. The van der Waals surface area contributed by atoms with Crippen molar-refractivity contribution in [3.05, 3.63) is 22.7 Å². The number of aromatic nitrogens is 1. The number of hydrogen-bond acceptors (Lipinski definition) is 3. The second kappa shape index (κ2) is 4.78. The predicted octanol–water partition coefficient (Wildman–Crippen LogP) is 3.10. The number of thiazole rings is 1. The van der Waals surface area contributed by atoms with E-state index in [1.807, 2.05) is 11.5 Å². The Morgan fingerprint density at radius 3 is 3.08 bits per heavy atom. The predicted molar refractivity (Wildman–Crippen MR) is 55.2 cm³/mol. The second-order valence-corrected chi connectivity index (χ2v) is 3.81. The van der Waals surface area contributed by atoms with E-state index in [0.29, 0.717) is 11.5 Å². The smallest absolute Gasteiger partial charge is 0.133 e. The number of nitriles is 1. The molecule has 0 saturated heterocycles. The van der Waals surface area contributed by atoms with E-state index in [2.05, 4.69) is 24.9 Å². The summed E-state index contributed by atoms with van der Waals surface area (Å²) in [5, 5.41) is 11.6. The van der Waals surface area contributed by atoms with E-state index in [0.717, 1.165) is 11.4 Å². The fraction of sp³-hybridized carbons (Fsp3) is 0.400. The summed E-state index contributed by atoms with van der Waals surface area (Å²) in [7, 11) is 0. The van der Waals surface area contributed by atoms with Crippen LogP contribution in [0.3, 0.4) is 0 Å². The molecule has 0 bridgehead atoms. The van der Waals surface area contributed by atoms with Crippen molar-refractivity contribution in [2.45, 2.75) is 20.3 Å². The largest absolute Gasteiger partial charge is 0.244 e. The minimum Gasteiger partial charge on any atom is -0.244 e. The lowest BCUT2D eigenvalue weighted by Gasteiger charge is -2.00. The van der Waals surface area contributed by atoms with E-state index in [9.17, 15) is 0 Å². The zero-order chi connectivity index (χ0) is 9.68. The Labute approximate surface area is 82.5 Å². The quantitative estimate of drug-likeness (QED) is 0.690. The third-order valence-corrected chi connectivity index (χ3v) is 2.68. The highest BCUT2D eigenvalue weighted by molar-refractivity contribution is 7.10. The van der Waals surface area contributed by atoms with Gasteiger partial charge in [0.25, 0.3) is 0 Å². The van der Waals surface area contributed by atoms with Crippen LogP contribution in [0.4, 0.5) is 0 Å². The van der Waals surface area contributed by atoms with Crippen LogP contribution in [-0.4, -0.2) is 4.98 Å². The number of allylic oxidation sites excluding steroid dienone is 2. The molecule has 0 fully saturated rings. The molecule has 1 rings (SSSR count). The maximum Gasteiger partial charge on any atom is 0.133 e. The molecule has 0 N–H and O–H groups in total. The van der Waals surface area contributed by atoms with E-state index in [1.54, 1.807) is 6.20 Å². The first kappa shape index (κ1) is 9.94. The summed E-state index contributed by atoms with van der Waals surface area (Å²) in [6.45, 7) is 4.21. The molecule has 68 valence electrons. The molecule has 0 aliphatic heterocycles. The van der Waals surface area contributed by atoms with Gasteiger partial charge in [0, 0.05) is 11.6 Å². The number of nitrogens with zero attached hydrogens (tertiary/aromatic N) is 2. The maximum atomic E-state index is 8.89. The minimum atomic E-state index is 0.443. The molecule has 0 saturated carbocycles. The van der Waals surface area contributed by atoms with Gasteiger partial charge in [-0.25, -0.2) is 4.98 Å². The first-order chi connectivity index (χ1) is 6.27. The fourth-order valence-corrected chi connectivity index (χ4v) is 1.53. The SMILES string of the molecule is CCC(C)/C=C(\C#N)c1nccs1. The van der Waals surface area contributed by atoms with Gasteiger partial charge in [-0.05, 0) is 5.92 Å². The van der Waals surface area contributed by atoms with Crippen LogP contribution in [-0.2, 0) is 0 Å². The summed E-state index contributed by atoms with van der Waals surface area (Å²) >= 11 is 1.51. The van der Waals surface area contributed by atoms with Crippen LogP contribution >= 0.6 is 11.3 Å². The normalized spacial score (nSPS) is 13.8. The van der Waals surface area contributed by atoms with E-state index >= 15 is 0 Å². The Bertz CT molecular complexity index is 319. The Balaban J connectivity index is 2.87. The van der Waals surface area contributed by atoms with Crippen LogP contribution in [0.15, 0.2) is 17.7 Å². The van der Waals surface area contributed by atoms with Gasteiger partial charge in [-0.1, -0.05) is 26.3 Å². The van der Waals surface area contributed by atoms with Gasteiger partial charge < -0.3 is 0 Å². The zero-order valence-corrected chi connectivity index (χ0v) is 8.64. The summed E-state index contributed by atoms with van der Waals surface area (Å²) in [6.07, 6.45) is 4.76. The van der Waals surface area contributed by atoms with Gasteiger partial charge in [0.1, 0.15) is 11.1 Å². The molecule has 0 amide bonds. The number of hydrogen-bond donors (Lipinski definition) is 0. The van der Waals surface area contributed by atoms with Gasteiger partial charge in [-0.3, -0.25) is 0 Å². The average molecular weight is 192 g/mol. The topological polar surface area (TPSA) is 36.7 Å². The lowest BCUT2D eigenvalue weighted by molar-refractivity contribution is 0.700. The molecule has 1 aromatic heterocycles. The fourth-order valence-electron chi connectivity index (χ4n) is 0.915.